The maximum Gasteiger partial charge on any atom is 0.412 e. The van der Waals surface area contributed by atoms with E-state index in [1.54, 1.807) is 43.5 Å². The molecule has 2 aromatic heterocycles. The first-order valence-electron chi connectivity index (χ1n) is 10.9. The minimum absolute atomic E-state index is 0.0266. The summed E-state index contributed by atoms with van der Waals surface area (Å²) in [7, 11) is 0. The third-order valence-electron chi connectivity index (χ3n) is 5.65. The van der Waals surface area contributed by atoms with Gasteiger partial charge < -0.3 is 14.6 Å². The average Bonchev–Trinajstić information content (AvgIpc) is 3.19. The third kappa shape index (κ3) is 5.70. The summed E-state index contributed by atoms with van der Waals surface area (Å²) < 4.78 is 10.7. The molecule has 1 saturated carbocycles. The van der Waals surface area contributed by atoms with Crippen LogP contribution in [0.15, 0.2) is 47.1 Å². The number of halogens is 1. The fourth-order valence-electron chi connectivity index (χ4n) is 3.80. The first kappa shape index (κ1) is 22.8. The molecule has 9 heteroatoms. The van der Waals surface area contributed by atoms with Crippen LogP contribution in [0, 0.1) is 12.8 Å². The third-order valence-corrected chi connectivity index (χ3v) is 6.01. The Morgan fingerprint density at radius 1 is 1.12 bits per heavy atom. The number of hydrogen-bond donors (Lipinski definition) is 2. The minimum atomic E-state index is -0.668. The van der Waals surface area contributed by atoms with Gasteiger partial charge >= 0.3 is 6.09 Å². The number of aromatic nitrogens is 2. The van der Waals surface area contributed by atoms with Crippen LogP contribution in [0.3, 0.4) is 0 Å². The molecule has 1 aliphatic carbocycles. The molecular formula is C24H25ClN4O4. The molecule has 0 aliphatic heterocycles. The molecule has 2 amide bonds. The van der Waals surface area contributed by atoms with E-state index in [9.17, 15) is 9.59 Å². The maximum absolute atomic E-state index is 12.4. The van der Waals surface area contributed by atoms with Gasteiger partial charge in [-0.2, -0.15) is 0 Å². The molecule has 0 bridgehead atoms. The van der Waals surface area contributed by atoms with Gasteiger partial charge in [-0.15, -0.1) is 0 Å². The van der Waals surface area contributed by atoms with Crippen LogP contribution in [0.5, 0.6) is 0 Å². The Balaban J connectivity index is 1.40. The lowest BCUT2D eigenvalue weighted by Gasteiger charge is -2.20. The molecule has 3 aromatic rings. The van der Waals surface area contributed by atoms with E-state index in [1.807, 2.05) is 6.07 Å². The van der Waals surface area contributed by atoms with Crippen molar-refractivity contribution in [3.63, 3.8) is 0 Å². The summed E-state index contributed by atoms with van der Waals surface area (Å²) in [5.74, 6) is 0.388. The lowest BCUT2D eigenvalue weighted by atomic mass is 9.88. The van der Waals surface area contributed by atoms with E-state index in [0.717, 1.165) is 25.7 Å². The van der Waals surface area contributed by atoms with Crippen LogP contribution >= 0.6 is 11.6 Å². The molecular weight excluding hydrogens is 444 g/mol. The smallest absolute Gasteiger partial charge is 0.412 e. The number of aryl methyl sites for hydroxylation is 1. The van der Waals surface area contributed by atoms with Crippen molar-refractivity contribution in [3.05, 3.63) is 58.9 Å². The van der Waals surface area contributed by atoms with E-state index in [4.69, 9.17) is 20.9 Å². The van der Waals surface area contributed by atoms with Crippen LogP contribution in [0.2, 0.25) is 5.02 Å². The lowest BCUT2D eigenvalue weighted by Crippen LogP contribution is -2.24. The van der Waals surface area contributed by atoms with Gasteiger partial charge in [-0.05, 0) is 38.0 Å². The lowest BCUT2D eigenvalue weighted by molar-refractivity contribution is -0.120. The van der Waals surface area contributed by atoms with Gasteiger partial charge in [0, 0.05) is 16.5 Å². The highest BCUT2D eigenvalue weighted by Crippen LogP contribution is 2.31. The molecule has 172 valence electrons. The SMILES string of the molecule is Cc1noc(-c2ccc(NC(=O)C3CCCCC3)cn2)c1NC(=O)OCc1ccccc1Cl. The number of nitrogens with one attached hydrogen (secondary N) is 2. The topological polar surface area (TPSA) is 106 Å². The molecule has 0 atom stereocenters. The van der Waals surface area contributed by atoms with Crippen molar-refractivity contribution in [3.8, 4) is 11.5 Å². The second kappa shape index (κ2) is 10.5. The van der Waals surface area contributed by atoms with Gasteiger partial charge in [-0.25, -0.2) is 4.79 Å². The summed E-state index contributed by atoms with van der Waals surface area (Å²) in [5, 5.41) is 10.1. The molecule has 0 spiro atoms. The van der Waals surface area contributed by atoms with Gasteiger partial charge in [0.2, 0.25) is 11.7 Å². The number of benzene rings is 1. The Labute approximate surface area is 196 Å². The number of ether oxygens (including phenoxy) is 1. The summed E-state index contributed by atoms with van der Waals surface area (Å²) in [6.45, 7) is 1.73. The van der Waals surface area contributed by atoms with E-state index in [1.165, 1.54) is 6.42 Å². The molecule has 1 aliphatic rings. The molecule has 1 fully saturated rings. The Morgan fingerprint density at radius 3 is 2.64 bits per heavy atom. The highest BCUT2D eigenvalue weighted by molar-refractivity contribution is 6.31. The number of amides is 2. The molecule has 0 saturated heterocycles. The van der Waals surface area contributed by atoms with Gasteiger partial charge in [0.15, 0.2) is 0 Å². The van der Waals surface area contributed by atoms with Crippen molar-refractivity contribution in [1.82, 2.24) is 10.1 Å². The van der Waals surface area contributed by atoms with Crippen LogP contribution in [-0.4, -0.2) is 22.1 Å². The Kier molecular flexibility index (Phi) is 7.24. The molecule has 2 N–H and O–H groups in total. The van der Waals surface area contributed by atoms with Gasteiger partial charge in [-0.3, -0.25) is 15.1 Å². The van der Waals surface area contributed by atoms with E-state index >= 15 is 0 Å². The van der Waals surface area contributed by atoms with Crippen molar-refractivity contribution in [1.29, 1.82) is 0 Å². The Morgan fingerprint density at radius 2 is 1.91 bits per heavy atom. The predicted molar refractivity (Wildman–Crippen MR) is 125 cm³/mol. The number of anilines is 2. The van der Waals surface area contributed by atoms with Crippen LogP contribution in [0.4, 0.5) is 16.2 Å². The number of nitrogens with zero attached hydrogens (tertiary/aromatic N) is 2. The Bertz CT molecular complexity index is 1120. The molecule has 2 heterocycles. The summed E-state index contributed by atoms with van der Waals surface area (Å²) in [6, 6.07) is 10.6. The second-order valence-corrected chi connectivity index (χ2v) is 8.43. The number of carbonyl (C=O) groups excluding carboxylic acids is 2. The quantitative estimate of drug-likeness (QED) is 0.461. The summed E-state index contributed by atoms with van der Waals surface area (Å²) in [5.41, 5.74) is 2.62. The molecule has 1 aromatic carbocycles. The molecule has 33 heavy (non-hydrogen) atoms. The monoisotopic (exact) mass is 468 g/mol. The van der Waals surface area contributed by atoms with Gasteiger partial charge in [0.25, 0.3) is 0 Å². The van der Waals surface area contributed by atoms with E-state index < -0.39 is 6.09 Å². The Hall–Kier alpha value is -3.39. The maximum atomic E-state index is 12.4. The zero-order valence-electron chi connectivity index (χ0n) is 18.3. The predicted octanol–water partition coefficient (Wildman–Crippen LogP) is 5.97. The summed E-state index contributed by atoms with van der Waals surface area (Å²) in [4.78, 5) is 29.2. The second-order valence-electron chi connectivity index (χ2n) is 8.02. The van der Waals surface area contributed by atoms with Crippen LogP contribution < -0.4 is 10.6 Å². The largest absolute Gasteiger partial charge is 0.444 e. The van der Waals surface area contributed by atoms with Crippen molar-refractivity contribution in [2.45, 2.75) is 45.6 Å². The zero-order valence-corrected chi connectivity index (χ0v) is 19.0. The van der Waals surface area contributed by atoms with Gasteiger partial charge in [0.1, 0.15) is 23.7 Å². The zero-order chi connectivity index (χ0) is 23.2. The fourth-order valence-corrected chi connectivity index (χ4v) is 3.99. The van der Waals surface area contributed by atoms with E-state index in [2.05, 4.69) is 20.8 Å². The first-order chi connectivity index (χ1) is 16.0. The normalized spacial score (nSPS) is 14.0. The summed E-state index contributed by atoms with van der Waals surface area (Å²) >= 11 is 6.10. The summed E-state index contributed by atoms with van der Waals surface area (Å²) in [6.07, 6.45) is 6.13. The molecule has 4 rings (SSSR count). The average molecular weight is 469 g/mol. The highest BCUT2D eigenvalue weighted by Gasteiger charge is 2.22. The number of carbonyl (C=O) groups is 2. The first-order valence-corrected chi connectivity index (χ1v) is 11.3. The number of pyridine rings is 1. The van der Waals surface area contributed by atoms with Crippen molar-refractivity contribution in [2.24, 2.45) is 5.92 Å². The van der Waals surface area contributed by atoms with Crippen molar-refractivity contribution in [2.75, 3.05) is 10.6 Å². The fraction of sp³-hybridized carbons (Fsp3) is 0.333. The van der Waals surface area contributed by atoms with Crippen molar-refractivity contribution >= 4 is 35.0 Å². The standard InChI is InChI=1S/C24H25ClN4O4/c1-15-21(28-24(31)32-14-17-9-5-6-10-19(17)25)22(33-29-15)20-12-11-18(13-26-20)27-23(30)16-7-3-2-4-8-16/h5-6,9-13,16H,2-4,7-8,14H2,1H3,(H,27,30)(H,28,31). The highest BCUT2D eigenvalue weighted by atomic mass is 35.5. The van der Waals surface area contributed by atoms with Gasteiger partial charge in [0.05, 0.1) is 11.9 Å². The molecule has 0 unspecified atom stereocenters. The van der Waals surface area contributed by atoms with E-state index in [0.29, 0.717) is 39.1 Å². The van der Waals surface area contributed by atoms with E-state index in [-0.39, 0.29) is 18.4 Å². The van der Waals surface area contributed by atoms with Crippen LogP contribution in [0.1, 0.15) is 43.4 Å². The van der Waals surface area contributed by atoms with Gasteiger partial charge in [-0.1, -0.05) is 54.2 Å². The number of hydrogen-bond acceptors (Lipinski definition) is 6. The number of rotatable bonds is 6. The molecule has 8 nitrogen and oxygen atoms in total. The molecule has 0 radical (unpaired) electrons. The van der Waals surface area contributed by atoms with Crippen LogP contribution in [-0.2, 0) is 16.1 Å². The minimum Gasteiger partial charge on any atom is -0.444 e. The van der Waals surface area contributed by atoms with Crippen LogP contribution in [0.25, 0.3) is 11.5 Å². The van der Waals surface area contributed by atoms with Crippen molar-refractivity contribution < 1.29 is 18.8 Å².